The summed E-state index contributed by atoms with van der Waals surface area (Å²) in [5.74, 6) is 0.0562. The molecule has 108 valence electrons. The van der Waals surface area contributed by atoms with Gasteiger partial charge in [-0.2, -0.15) is 0 Å². The molecule has 2 atom stereocenters. The number of benzene rings is 2. The number of furan rings is 1. The van der Waals surface area contributed by atoms with E-state index in [1.54, 1.807) is 12.5 Å². The number of carbonyl (C=O) groups excluding carboxylic acids is 1. The minimum Gasteiger partial charge on any atom is -0.472 e. The molecule has 0 radical (unpaired) electrons. The average molecular weight is 289 g/mol. The van der Waals surface area contributed by atoms with Crippen LogP contribution in [0.2, 0.25) is 0 Å². The monoisotopic (exact) mass is 289 g/mol. The quantitative estimate of drug-likeness (QED) is 0.676. The lowest BCUT2D eigenvalue weighted by Gasteiger charge is -2.04. The topological polar surface area (TPSA) is 33.2 Å². The van der Waals surface area contributed by atoms with Crippen molar-refractivity contribution in [3.05, 3.63) is 95.9 Å². The van der Waals surface area contributed by atoms with E-state index in [1.807, 2.05) is 59.5 Å². The molecule has 0 N–H and O–H groups in total. The molecule has 22 heavy (non-hydrogen) atoms. The molecular formula is C19H15NO2. The third kappa shape index (κ3) is 2.11. The zero-order valence-corrected chi connectivity index (χ0v) is 11.9. The fraction of sp³-hybridized carbons (Fsp3) is 0.105. The van der Waals surface area contributed by atoms with E-state index in [-0.39, 0.29) is 18.0 Å². The Morgan fingerprint density at radius 2 is 1.45 bits per heavy atom. The van der Waals surface area contributed by atoms with Crippen molar-refractivity contribution >= 4 is 5.91 Å². The highest BCUT2D eigenvalue weighted by Gasteiger charge is 2.53. The lowest BCUT2D eigenvalue weighted by atomic mass is 10.1. The zero-order valence-electron chi connectivity index (χ0n) is 11.9. The van der Waals surface area contributed by atoms with Crippen LogP contribution in [0.25, 0.3) is 0 Å². The number of rotatable bonds is 3. The average Bonchev–Trinajstić information content (AvgIpc) is 3.09. The summed E-state index contributed by atoms with van der Waals surface area (Å²) in [6.45, 7) is 0. The molecule has 2 heterocycles. The first-order chi connectivity index (χ1) is 10.9. The molecule has 1 aliphatic rings. The van der Waals surface area contributed by atoms with Crippen LogP contribution in [0.5, 0.6) is 0 Å². The van der Waals surface area contributed by atoms with Crippen LogP contribution in [0.1, 0.15) is 33.6 Å². The summed E-state index contributed by atoms with van der Waals surface area (Å²) in [7, 11) is 0. The molecule has 1 saturated heterocycles. The van der Waals surface area contributed by atoms with Gasteiger partial charge in [-0.15, -0.1) is 0 Å². The van der Waals surface area contributed by atoms with Crippen LogP contribution in [0, 0.1) is 0 Å². The Morgan fingerprint density at radius 1 is 0.818 bits per heavy atom. The maximum absolute atomic E-state index is 12.8. The van der Waals surface area contributed by atoms with Crippen LogP contribution in [0.4, 0.5) is 0 Å². The molecule has 0 unspecified atom stereocenters. The van der Waals surface area contributed by atoms with Gasteiger partial charge in [-0.1, -0.05) is 48.5 Å². The van der Waals surface area contributed by atoms with E-state index >= 15 is 0 Å². The minimum absolute atomic E-state index is 0.0499. The number of amides is 1. The summed E-state index contributed by atoms with van der Waals surface area (Å²) in [5.41, 5.74) is 2.91. The van der Waals surface area contributed by atoms with Crippen molar-refractivity contribution in [2.45, 2.75) is 12.1 Å². The van der Waals surface area contributed by atoms with E-state index in [1.165, 1.54) is 0 Å². The number of nitrogens with zero attached hydrogens (tertiary/aromatic N) is 1. The van der Waals surface area contributed by atoms with Gasteiger partial charge in [0.2, 0.25) is 0 Å². The van der Waals surface area contributed by atoms with E-state index < -0.39 is 0 Å². The van der Waals surface area contributed by atoms with Crippen molar-refractivity contribution in [2.24, 2.45) is 0 Å². The normalized spacial score (nSPS) is 19.9. The number of hydrogen-bond donors (Lipinski definition) is 0. The van der Waals surface area contributed by atoms with Gasteiger partial charge in [0.1, 0.15) is 0 Å². The first-order valence-electron chi connectivity index (χ1n) is 7.31. The molecule has 1 aromatic heterocycles. The molecule has 0 bridgehead atoms. The molecule has 3 heteroatoms. The molecule has 1 fully saturated rings. The van der Waals surface area contributed by atoms with Gasteiger partial charge in [0, 0.05) is 11.1 Å². The first kappa shape index (κ1) is 12.9. The van der Waals surface area contributed by atoms with Crippen molar-refractivity contribution in [1.29, 1.82) is 0 Å². The van der Waals surface area contributed by atoms with Gasteiger partial charge in [0.15, 0.2) is 0 Å². The van der Waals surface area contributed by atoms with Gasteiger partial charge in [-0.25, -0.2) is 0 Å². The van der Waals surface area contributed by atoms with Gasteiger partial charge in [0.25, 0.3) is 5.91 Å². The van der Waals surface area contributed by atoms with E-state index in [0.717, 1.165) is 16.7 Å². The van der Waals surface area contributed by atoms with Crippen LogP contribution in [-0.4, -0.2) is 10.8 Å². The summed E-state index contributed by atoms with van der Waals surface area (Å²) >= 11 is 0. The molecular weight excluding hydrogens is 274 g/mol. The Bertz CT molecular complexity index is 766. The van der Waals surface area contributed by atoms with E-state index in [2.05, 4.69) is 12.1 Å². The van der Waals surface area contributed by atoms with E-state index in [4.69, 9.17) is 4.42 Å². The summed E-state index contributed by atoms with van der Waals surface area (Å²) in [5, 5.41) is 0. The molecule has 0 saturated carbocycles. The van der Waals surface area contributed by atoms with Gasteiger partial charge in [-0.3, -0.25) is 4.79 Å². The summed E-state index contributed by atoms with van der Waals surface area (Å²) in [4.78, 5) is 14.7. The molecule has 3 aromatic rings. The summed E-state index contributed by atoms with van der Waals surface area (Å²) < 4.78 is 5.20. The van der Waals surface area contributed by atoms with Crippen molar-refractivity contribution in [2.75, 3.05) is 0 Å². The second-order valence-electron chi connectivity index (χ2n) is 5.44. The molecule has 3 nitrogen and oxygen atoms in total. The number of hydrogen-bond acceptors (Lipinski definition) is 2. The Balaban J connectivity index is 1.69. The lowest BCUT2D eigenvalue weighted by Crippen LogP contribution is -2.12. The molecule has 0 aliphatic carbocycles. The van der Waals surface area contributed by atoms with E-state index in [9.17, 15) is 4.79 Å². The maximum Gasteiger partial charge on any atom is 0.255 e. The largest absolute Gasteiger partial charge is 0.472 e. The van der Waals surface area contributed by atoms with E-state index in [0.29, 0.717) is 0 Å². The molecule has 0 spiro atoms. The Hall–Kier alpha value is -2.81. The highest BCUT2D eigenvalue weighted by Crippen LogP contribution is 2.55. The van der Waals surface area contributed by atoms with Gasteiger partial charge in [0.05, 0.1) is 24.6 Å². The summed E-state index contributed by atoms with van der Waals surface area (Å²) in [6, 6.07) is 21.6. The van der Waals surface area contributed by atoms with Crippen molar-refractivity contribution in [3.63, 3.8) is 0 Å². The van der Waals surface area contributed by atoms with Gasteiger partial charge >= 0.3 is 0 Å². The Kier molecular flexibility index (Phi) is 3.04. The third-order valence-electron chi connectivity index (χ3n) is 4.09. The minimum atomic E-state index is 0.0499. The highest BCUT2D eigenvalue weighted by atomic mass is 16.3. The Labute approximate surface area is 128 Å². The standard InChI is InChI=1S/C19H15NO2/c21-19(15-9-5-2-6-10-15)20-17(14-7-3-1-4-8-14)18(20)16-11-12-22-13-16/h1-13,17-18H/t17-,18+,20?/m1/s1. The third-order valence-corrected chi connectivity index (χ3v) is 4.09. The number of carbonyl (C=O) groups is 1. The Morgan fingerprint density at radius 3 is 2.09 bits per heavy atom. The predicted octanol–water partition coefficient (Wildman–Crippen LogP) is 4.22. The maximum atomic E-state index is 12.8. The first-order valence-corrected chi connectivity index (χ1v) is 7.31. The fourth-order valence-corrected chi connectivity index (χ4v) is 2.99. The fourth-order valence-electron chi connectivity index (χ4n) is 2.99. The van der Waals surface area contributed by atoms with Crippen LogP contribution in [-0.2, 0) is 0 Å². The van der Waals surface area contributed by atoms with Crippen LogP contribution >= 0.6 is 0 Å². The zero-order chi connectivity index (χ0) is 14.9. The van der Waals surface area contributed by atoms with Crippen molar-refractivity contribution in [1.82, 2.24) is 4.90 Å². The molecule has 4 rings (SSSR count). The van der Waals surface area contributed by atoms with Crippen molar-refractivity contribution in [3.8, 4) is 0 Å². The second-order valence-corrected chi connectivity index (χ2v) is 5.44. The van der Waals surface area contributed by atoms with Gasteiger partial charge < -0.3 is 9.32 Å². The predicted molar refractivity (Wildman–Crippen MR) is 83.2 cm³/mol. The summed E-state index contributed by atoms with van der Waals surface area (Å²) in [6.07, 6.45) is 3.37. The van der Waals surface area contributed by atoms with Gasteiger partial charge in [-0.05, 0) is 23.8 Å². The SMILES string of the molecule is O=C(c1ccccc1)N1[C@H](c2ccccc2)[C@@H]1c1ccoc1. The molecule has 1 amide bonds. The molecule has 2 aromatic carbocycles. The lowest BCUT2D eigenvalue weighted by molar-refractivity contribution is 0.0864. The highest BCUT2D eigenvalue weighted by molar-refractivity contribution is 5.96. The smallest absolute Gasteiger partial charge is 0.255 e. The second kappa shape index (κ2) is 5.19. The van der Waals surface area contributed by atoms with Crippen LogP contribution in [0.3, 0.4) is 0 Å². The molecule has 1 aliphatic heterocycles. The van der Waals surface area contributed by atoms with Crippen LogP contribution < -0.4 is 0 Å². The van der Waals surface area contributed by atoms with Crippen molar-refractivity contribution < 1.29 is 9.21 Å². The van der Waals surface area contributed by atoms with Crippen LogP contribution in [0.15, 0.2) is 83.7 Å².